The zero-order valence-corrected chi connectivity index (χ0v) is 38.3. The van der Waals surface area contributed by atoms with Crippen molar-refractivity contribution >= 4 is 62.5 Å². The predicted molar refractivity (Wildman–Crippen MR) is 269 cm³/mol. The Bertz CT molecular complexity index is 3240. The number of nitrogens with two attached hydrogens (primary N) is 4. The summed E-state index contributed by atoms with van der Waals surface area (Å²) in [6.07, 6.45) is 3.21. The van der Waals surface area contributed by atoms with E-state index in [-0.39, 0.29) is 23.8 Å². The minimum atomic E-state index is -0.0768. The van der Waals surface area contributed by atoms with Crippen molar-refractivity contribution in [1.29, 1.82) is 10.8 Å². The van der Waals surface area contributed by atoms with Gasteiger partial charge in [0.2, 0.25) is 0 Å². The van der Waals surface area contributed by atoms with Crippen molar-refractivity contribution in [3.8, 4) is 46.3 Å². The largest absolute Gasteiger partial charge is 0.450 e. The third kappa shape index (κ3) is 10.3. The summed E-state index contributed by atoms with van der Waals surface area (Å²) in [5.41, 5.74) is 32.5. The first kappa shape index (κ1) is 46.2. The fourth-order valence-corrected chi connectivity index (χ4v) is 6.88. The van der Waals surface area contributed by atoms with Crippen LogP contribution < -0.4 is 22.9 Å². The van der Waals surface area contributed by atoms with Gasteiger partial charge in [-0.05, 0) is 120 Å². The molecule has 9 rings (SSSR count). The van der Waals surface area contributed by atoms with Crippen molar-refractivity contribution in [2.75, 3.05) is 0 Å². The summed E-state index contributed by atoms with van der Waals surface area (Å²) in [5, 5.41) is 15.1. The minimum Gasteiger partial charge on any atom is -0.450 e. The van der Waals surface area contributed by atoms with E-state index in [0.29, 0.717) is 74.8 Å². The maximum atomic E-state index is 7.58. The first-order valence-electron chi connectivity index (χ1n) is 21.6. The number of nitrogens with one attached hydrogen (secondary N) is 6. The third-order valence-electron chi connectivity index (χ3n) is 10.0. The van der Waals surface area contributed by atoms with Gasteiger partial charge in [0.25, 0.3) is 0 Å². The molecule has 0 fully saturated rings. The van der Waals surface area contributed by atoms with E-state index >= 15 is 0 Å². The van der Waals surface area contributed by atoms with Gasteiger partial charge in [0.15, 0.2) is 46.3 Å². The van der Waals surface area contributed by atoms with Crippen molar-refractivity contribution in [2.24, 2.45) is 32.9 Å². The Labute approximate surface area is 385 Å². The van der Waals surface area contributed by atoms with Gasteiger partial charge in [0, 0.05) is 40.0 Å². The molecule has 9 aromatic rings. The number of rotatable bonds is 12. The molecule has 0 bridgehead atoms. The maximum absolute atomic E-state index is 7.58. The summed E-state index contributed by atoms with van der Waals surface area (Å²) in [4.78, 5) is 40.2. The van der Waals surface area contributed by atoms with Gasteiger partial charge >= 0.3 is 0 Å². The molecule has 0 spiro atoms. The van der Waals surface area contributed by atoms with Crippen molar-refractivity contribution in [3.63, 3.8) is 0 Å². The van der Waals surface area contributed by atoms with Crippen LogP contribution in [-0.4, -0.2) is 75.3 Å². The zero-order chi connectivity index (χ0) is 48.1. The lowest BCUT2D eigenvalue weighted by Gasteiger charge is -2.03. The molecule has 14 N–H and O–H groups in total. The Balaban J connectivity index is 0.000000194. The maximum Gasteiger partial charge on any atom is 0.174 e. The Morgan fingerprint density at radius 2 is 0.955 bits per heavy atom. The normalized spacial score (nSPS) is 12.2. The number of amidine groups is 4. The molecule has 0 aliphatic carbocycles. The van der Waals surface area contributed by atoms with Gasteiger partial charge in [-0.15, -0.1) is 0 Å². The van der Waals surface area contributed by atoms with E-state index in [1.807, 2.05) is 97.0 Å². The summed E-state index contributed by atoms with van der Waals surface area (Å²) >= 11 is 0. The van der Waals surface area contributed by atoms with Crippen LogP contribution >= 0.6 is 0 Å². The number of aromatic nitrogens is 8. The number of aryl methyl sites for hydroxylation is 1. The van der Waals surface area contributed by atoms with Crippen LogP contribution in [0.4, 0.5) is 0 Å². The highest BCUT2D eigenvalue weighted by molar-refractivity contribution is 6.02. The molecular formula is C49H54N16O2. The van der Waals surface area contributed by atoms with Gasteiger partial charge in [-0.2, -0.15) is 0 Å². The molecule has 6 aromatic heterocycles. The molecular weight excluding hydrogens is 845 g/mol. The number of furan rings is 2. The minimum absolute atomic E-state index is 0.00392. The summed E-state index contributed by atoms with van der Waals surface area (Å²) in [6.45, 7) is 17.5. The van der Waals surface area contributed by atoms with Crippen LogP contribution in [0.25, 0.3) is 85.5 Å². The fraction of sp³-hybridized carbons (Fsp3) is 0.184. The van der Waals surface area contributed by atoms with Crippen LogP contribution in [0.15, 0.2) is 116 Å². The molecule has 0 aliphatic heterocycles. The number of H-pyrrole nitrogens is 4. The summed E-state index contributed by atoms with van der Waals surface area (Å²) in [7, 11) is 0. The number of imidazole rings is 4. The zero-order valence-electron chi connectivity index (χ0n) is 38.3. The van der Waals surface area contributed by atoms with Gasteiger partial charge in [0.05, 0.1) is 38.8 Å². The van der Waals surface area contributed by atoms with Crippen LogP contribution in [0.3, 0.4) is 0 Å². The molecule has 0 amide bonds. The van der Waals surface area contributed by atoms with Crippen molar-refractivity contribution in [2.45, 2.75) is 60.5 Å². The van der Waals surface area contributed by atoms with Gasteiger partial charge in [-0.3, -0.25) is 20.8 Å². The van der Waals surface area contributed by atoms with Crippen LogP contribution in [0.5, 0.6) is 0 Å². The van der Waals surface area contributed by atoms with Crippen molar-refractivity contribution in [3.05, 3.63) is 125 Å². The van der Waals surface area contributed by atoms with Crippen molar-refractivity contribution < 1.29 is 8.83 Å². The number of hydrogen-bond acceptors (Lipinski definition) is 10. The lowest BCUT2D eigenvalue weighted by atomic mass is 10.2. The number of aliphatic imine (C=N–C) groups is 2. The average molecular weight is 899 g/mol. The molecule has 18 heteroatoms. The van der Waals surface area contributed by atoms with E-state index in [0.717, 1.165) is 49.9 Å². The molecule has 0 atom stereocenters. The SMILES string of the molecule is C=C/C(=C\c1nc(-c2ccc(-c3nc4ccc(C(=N)N)cc4[nH]3)o2)[nH]c1C)C(=N)N.CC.CC(C)N=C(N)c1ccc2nc(-c3ccc(-c4nc5ccc(C(N)=NC(C)C)cc5[nH]4)o3)[nH]c2c1. The molecule has 342 valence electrons. The second-order valence-corrected chi connectivity index (χ2v) is 15.7. The first-order chi connectivity index (χ1) is 32.1. The fourth-order valence-electron chi connectivity index (χ4n) is 6.88. The second-order valence-electron chi connectivity index (χ2n) is 15.7. The first-order valence-corrected chi connectivity index (χ1v) is 21.6. The highest BCUT2D eigenvalue weighted by atomic mass is 16.3. The smallest absolute Gasteiger partial charge is 0.174 e. The standard InChI is InChI=1S/C26H28N8O.C21H20N8O.C2H6/c1-13(2)29-23(27)15-5-7-17-19(11-15)33-25(31-17)21-9-10-22(35-21)26-32-18-8-6-16(12-20(18)34-26)24(28)30-14(3)4;1-3-11(18(22)23)8-14-10(2)26-20(28-14)16-6-7-17(30-16)21-27-13-5-4-12(19(24)25)9-15(13)29-21;1-2/h5-14H,1-4H3,(H2,27,29)(H2,28,30)(H,31,33)(H,32,34);3-9H,1H2,2H3,(H3,22,23)(H3,24,25)(H,26,28)(H,27,29);1-2H3/b;11-8+;. The summed E-state index contributed by atoms with van der Waals surface area (Å²) in [6, 6.07) is 24.5. The van der Waals surface area contributed by atoms with E-state index in [1.165, 1.54) is 6.08 Å². The molecule has 0 aliphatic rings. The number of nitrogen functional groups attached to an aromatic ring is 1. The monoisotopic (exact) mass is 898 g/mol. The van der Waals surface area contributed by atoms with Crippen LogP contribution in [-0.2, 0) is 0 Å². The Morgan fingerprint density at radius 1 is 0.582 bits per heavy atom. The molecule has 0 saturated heterocycles. The third-order valence-corrected chi connectivity index (χ3v) is 10.0. The number of hydrogen-bond donors (Lipinski definition) is 10. The molecule has 0 unspecified atom stereocenters. The molecule has 6 heterocycles. The Kier molecular flexibility index (Phi) is 13.5. The quantitative estimate of drug-likeness (QED) is 0.0315. The Morgan fingerprint density at radius 3 is 1.31 bits per heavy atom. The topological polar surface area (TPSA) is 318 Å². The summed E-state index contributed by atoms with van der Waals surface area (Å²) in [5.74, 6) is 5.59. The van der Waals surface area contributed by atoms with Gasteiger partial charge in [-0.25, -0.2) is 19.9 Å². The predicted octanol–water partition coefficient (Wildman–Crippen LogP) is 8.93. The molecule has 3 aromatic carbocycles. The second kappa shape index (κ2) is 19.5. The van der Waals surface area contributed by atoms with E-state index in [2.05, 4.69) is 56.4 Å². The van der Waals surface area contributed by atoms with Gasteiger partial charge < -0.3 is 51.7 Å². The highest BCUT2D eigenvalue weighted by Crippen LogP contribution is 2.30. The Hall–Kier alpha value is -8.80. The number of fused-ring (bicyclic) bond motifs is 3. The lowest BCUT2D eigenvalue weighted by Crippen LogP contribution is -2.15. The van der Waals surface area contributed by atoms with E-state index in [1.54, 1.807) is 36.4 Å². The molecule has 18 nitrogen and oxygen atoms in total. The lowest BCUT2D eigenvalue weighted by molar-refractivity contribution is 0.588. The number of benzene rings is 3. The molecule has 0 saturated carbocycles. The van der Waals surface area contributed by atoms with Gasteiger partial charge in [0.1, 0.15) is 23.3 Å². The number of nitrogens with zero attached hydrogens (tertiary/aromatic N) is 6. The van der Waals surface area contributed by atoms with Crippen LogP contribution in [0.2, 0.25) is 0 Å². The van der Waals surface area contributed by atoms with E-state index in [9.17, 15) is 0 Å². The van der Waals surface area contributed by atoms with E-state index < -0.39 is 0 Å². The molecule has 0 radical (unpaired) electrons. The van der Waals surface area contributed by atoms with Crippen LogP contribution in [0, 0.1) is 17.7 Å². The van der Waals surface area contributed by atoms with E-state index in [4.69, 9.17) is 42.6 Å². The van der Waals surface area contributed by atoms with Crippen molar-refractivity contribution in [1.82, 2.24) is 39.9 Å². The van der Waals surface area contributed by atoms with Crippen LogP contribution in [0.1, 0.15) is 69.6 Å². The van der Waals surface area contributed by atoms with Gasteiger partial charge in [-0.1, -0.05) is 26.5 Å². The summed E-state index contributed by atoms with van der Waals surface area (Å²) < 4.78 is 12.0. The average Bonchev–Trinajstić information content (AvgIpc) is 4.16. The molecule has 67 heavy (non-hydrogen) atoms. The highest BCUT2D eigenvalue weighted by Gasteiger charge is 2.17. The number of aromatic amines is 4.